The van der Waals surface area contributed by atoms with Gasteiger partial charge in [-0.05, 0) is 37.1 Å². The van der Waals surface area contributed by atoms with E-state index >= 15 is 0 Å². The van der Waals surface area contributed by atoms with Crippen molar-refractivity contribution in [3.05, 3.63) is 93.8 Å². The van der Waals surface area contributed by atoms with Crippen molar-refractivity contribution in [2.75, 3.05) is 11.1 Å². The zero-order chi connectivity index (χ0) is 22.5. The Morgan fingerprint density at radius 2 is 1.84 bits per heavy atom. The largest absolute Gasteiger partial charge is 0.356 e. The number of aryl methyl sites for hydroxylation is 1. The van der Waals surface area contributed by atoms with Crippen LogP contribution in [0.25, 0.3) is 0 Å². The van der Waals surface area contributed by atoms with E-state index < -0.39 is 0 Å². The highest BCUT2D eigenvalue weighted by molar-refractivity contribution is 8.01. The van der Waals surface area contributed by atoms with Crippen molar-refractivity contribution >= 4 is 45.6 Å². The predicted molar refractivity (Wildman–Crippen MR) is 133 cm³/mol. The molecule has 2 aromatic heterocycles. The summed E-state index contributed by atoms with van der Waals surface area (Å²) in [7, 11) is 0. The van der Waals surface area contributed by atoms with Crippen molar-refractivity contribution in [1.82, 2.24) is 14.8 Å². The van der Waals surface area contributed by atoms with Crippen LogP contribution in [0, 0.1) is 13.8 Å². The molecule has 32 heavy (non-hydrogen) atoms. The van der Waals surface area contributed by atoms with Crippen LogP contribution in [0.3, 0.4) is 0 Å². The fraction of sp³-hybridized carbons (Fsp3) is 0.208. The number of rotatable bonds is 9. The first-order valence-corrected chi connectivity index (χ1v) is 12.4. The summed E-state index contributed by atoms with van der Waals surface area (Å²) in [5.74, 6) is 0.409. The zero-order valence-corrected chi connectivity index (χ0v) is 20.2. The van der Waals surface area contributed by atoms with Crippen molar-refractivity contribution < 1.29 is 4.79 Å². The molecule has 164 valence electrons. The van der Waals surface area contributed by atoms with E-state index in [9.17, 15) is 4.79 Å². The lowest BCUT2D eigenvalue weighted by Crippen LogP contribution is -2.08. The number of hydrogen-bond donors (Lipinski definition) is 1. The van der Waals surface area contributed by atoms with Gasteiger partial charge in [0, 0.05) is 35.1 Å². The highest BCUT2D eigenvalue weighted by Gasteiger charge is 2.17. The van der Waals surface area contributed by atoms with Gasteiger partial charge in [0.2, 0.25) is 5.13 Å². The number of Topliss-reactive ketones (excluding diaryl/α,β-unsaturated/α-hetero) is 1. The molecule has 0 spiro atoms. The van der Waals surface area contributed by atoms with E-state index in [1.54, 1.807) is 0 Å². The van der Waals surface area contributed by atoms with Crippen LogP contribution in [0.4, 0.5) is 5.13 Å². The third-order valence-corrected chi connectivity index (χ3v) is 7.56. The van der Waals surface area contributed by atoms with Crippen LogP contribution >= 0.6 is 34.7 Å². The second-order valence-electron chi connectivity index (χ2n) is 7.39. The highest BCUT2D eigenvalue weighted by atomic mass is 35.5. The van der Waals surface area contributed by atoms with E-state index in [4.69, 9.17) is 11.6 Å². The van der Waals surface area contributed by atoms with Crippen LogP contribution in [0.2, 0.25) is 5.02 Å². The summed E-state index contributed by atoms with van der Waals surface area (Å²) in [6, 6.07) is 19.9. The number of benzene rings is 2. The summed E-state index contributed by atoms with van der Waals surface area (Å²) < 4.78 is 2.91. The number of aromatic nitrogens is 3. The number of anilines is 1. The lowest BCUT2D eigenvalue weighted by molar-refractivity contribution is 0.102. The summed E-state index contributed by atoms with van der Waals surface area (Å²) in [4.78, 5) is 12.9. The smallest absolute Gasteiger partial charge is 0.206 e. The van der Waals surface area contributed by atoms with Gasteiger partial charge in [-0.3, -0.25) is 4.79 Å². The second kappa shape index (κ2) is 10.3. The molecule has 0 aliphatic rings. The number of thioether (sulfide) groups is 1. The van der Waals surface area contributed by atoms with E-state index in [1.165, 1.54) is 28.7 Å². The lowest BCUT2D eigenvalue weighted by atomic mass is 10.2. The molecular formula is C24H23ClN4OS2. The molecule has 0 bridgehead atoms. The van der Waals surface area contributed by atoms with E-state index in [1.807, 2.05) is 62.4 Å². The molecule has 2 heterocycles. The third-order valence-electron chi connectivity index (χ3n) is 5.18. The fourth-order valence-electron chi connectivity index (χ4n) is 3.44. The van der Waals surface area contributed by atoms with Crippen LogP contribution in [0.5, 0.6) is 0 Å². The third kappa shape index (κ3) is 5.41. The Morgan fingerprint density at radius 3 is 2.62 bits per heavy atom. The topological polar surface area (TPSA) is 59.8 Å². The molecule has 4 rings (SSSR count). The number of halogens is 1. The van der Waals surface area contributed by atoms with Crippen LogP contribution in [0.15, 0.2) is 65.0 Å². The number of hydrogen-bond acceptors (Lipinski definition) is 6. The number of nitrogens with one attached hydrogen (secondary N) is 1. The number of carbonyl (C=O) groups excluding carboxylic acids is 1. The molecule has 0 atom stereocenters. The average Bonchev–Trinajstić information content (AvgIpc) is 3.37. The van der Waals surface area contributed by atoms with Gasteiger partial charge in [-0.25, -0.2) is 0 Å². The van der Waals surface area contributed by atoms with Crippen molar-refractivity contribution in [1.29, 1.82) is 0 Å². The summed E-state index contributed by atoms with van der Waals surface area (Å²) in [5, 5.41) is 13.1. The molecule has 0 saturated carbocycles. The summed E-state index contributed by atoms with van der Waals surface area (Å²) in [6.07, 6.45) is 0. The van der Waals surface area contributed by atoms with Gasteiger partial charge in [0.25, 0.3) is 0 Å². The minimum atomic E-state index is 0.0857. The Kier molecular flexibility index (Phi) is 7.29. The summed E-state index contributed by atoms with van der Waals surface area (Å²) in [5.41, 5.74) is 4.96. The van der Waals surface area contributed by atoms with Crippen molar-refractivity contribution in [2.24, 2.45) is 0 Å². The number of nitrogens with zero attached hydrogens (tertiary/aromatic N) is 3. The molecule has 0 unspecified atom stereocenters. The van der Waals surface area contributed by atoms with Crippen molar-refractivity contribution in [3.8, 4) is 0 Å². The molecule has 0 radical (unpaired) electrons. The minimum Gasteiger partial charge on any atom is -0.356 e. The second-order valence-corrected chi connectivity index (χ2v) is 9.99. The first kappa shape index (κ1) is 22.6. The van der Waals surface area contributed by atoms with Crippen LogP contribution in [-0.2, 0) is 13.1 Å². The van der Waals surface area contributed by atoms with Gasteiger partial charge < -0.3 is 9.88 Å². The molecule has 0 amide bonds. The zero-order valence-electron chi connectivity index (χ0n) is 17.8. The number of carbonyl (C=O) groups is 1. The molecule has 8 heteroatoms. The maximum Gasteiger partial charge on any atom is 0.206 e. The van der Waals surface area contributed by atoms with Gasteiger partial charge >= 0.3 is 0 Å². The fourth-order valence-corrected chi connectivity index (χ4v) is 5.27. The van der Waals surface area contributed by atoms with Crippen molar-refractivity contribution in [2.45, 2.75) is 31.3 Å². The number of ketones is 1. The molecule has 0 fully saturated rings. The summed E-state index contributed by atoms with van der Waals surface area (Å²) in [6.45, 7) is 5.34. The first-order chi connectivity index (χ1) is 15.5. The summed E-state index contributed by atoms with van der Waals surface area (Å²) >= 11 is 9.21. The van der Waals surface area contributed by atoms with Gasteiger partial charge in [0.1, 0.15) is 0 Å². The van der Waals surface area contributed by atoms with E-state index in [2.05, 4.69) is 32.2 Å². The molecular weight excluding hydrogens is 460 g/mol. The Bertz CT molecular complexity index is 1220. The van der Waals surface area contributed by atoms with E-state index in [0.29, 0.717) is 18.8 Å². The minimum absolute atomic E-state index is 0.0857. The molecule has 5 nitrogen and oxygen atoms in total. The average molecular weight is 483 g/mol. The normalized spacial score (nSPS) is 11.0. The molecule has 0 aliphatic heterocycles. The molecule has 2 aromatic carbocycles. The van der Waals surface area contributed by atoms with Crippen LogP contribution < -0.4 is 5.32 Å². The Morgan fingerprint density at radius 1 is 1.09 bits per heavy atom. The van der Waals surface area contributed by atoms with Gasteiger partial charge in [-0.1, -0.05) is 83.2 Å². The van der Waals surface area contributed by atoms with Crippen LogP contribution in [-0.4, -0.2) is 26.3 Å². The van der Waals surface area contributed by atoms with E-state index in [0.717, 1.165) is 37.0 Å². The molecule has 1 N–H and O–H groups in total. The van der Waals surface area contributed by atoms with Gasteiger partial charge in [0.15, 0.2) is 10.1 Å². The monoisotopic (exact) mass is 482 g/mol. The van der Waals surface area contributed by atoms with Crippen LogP contribution in [0.1, 0.15) is 32.9 Å². The van der Waals surface area contributed by atoms with Crippen molar-refractivity contribution in [3.63, 3.8) is 0 Å². The Labute approximate surface area is 200 Å². The highest BCUT2D eigenvalue weighted by Crippen LogP contribution is 2.28. The van der Waals surface area contributed by atoms with Gasteiger partial charge in [-0.15, -0.1) is 10.2 Å². The SMILES string of the molecule is Cc1cc(C(=O)CSc2nnc(NCc3ccccc3)s2)c(C)n1Cc1ccccc1Cl. The van der Waals surface area contributed by atoms with E-state index in [-0.39, 0.29) is 5.78 Å². The Balaban J connectivity index is 1.36. The maximum atomic E-state index is 12.9. The van der Waals surface area contributed by atoms with Gasteiger partial charge in [-0.2, -0.15) is 0 Å². The quantitative estimate of drug-likeness (QED) is 0.226. The molecule has 4 aromatic rings. The van der Waals surface area contributed by atoms with Gasteiger partial charge in [0.05, 0.1) is 5.75 Å². The Hall–Kier alpha value is -2.61. The predicted octanol–water partition coefficient (Wildman–Crippen LogP) is 6.25. The first-order valence-electron chi connectivity index (χ1n) is 10.2. The molecule has 0 saturated heterocycles. The molecule has 0 aliphatic carbocycles. The maximum absolute atomic E-state index is 12.9. The lowest BCUT2D eigenvalue weighted by Gasteiger charge is -2.11. The standard InChI is InChI=1S/C24H23ClN4OS2/c1-16-12-20(17(2)29(16)14-19-10-6-7-11-21(19)25)22(30)15-31-24-28-27-23(32-24)26-13-18-8-4-3-5-9-18/h3-12H,13-15H2,1-2H3,(H,26,27).